The first-order chi connectivity index (χ1) is 11.9. The van der Waals surface area contributed by atoms with Crippen LogP contribution >= 0.6 is 7.92 Å². The lowest BCUT2D eigenvalue weighted by molar-refractivity contribution is 0.0251. The highest BCUT2D eigenvalue weighted by molar-refractivity contribution is 7.73. The SMILES string of the molecule is COCCOCCOCCCP(c1ccccc1)c1ccccc1. The minimum absolute atomic E-state index is 0.311. The molecule has 2 aromatic rings. The molecule has 24 heavy (non-hydrogen) atoms. The van der Waals surface area contributed by atoms with Crippen LogP contribution in [0.1, 0.15) is 6.42 Å². The van der Waals surface area contributed by atoms with Crippen LogP contribution < -0.4 is 10.6 Å². The molecular formula is C20H27O3P. The van der Waals surface area contributed by atoms with E-state index in [2.05, 4.69) is 60.7 Å². The summed E-state index contributed by atoms with van der Waals surface area (Å²) in [7, 11) is 1.37. The number of ether oxygens (including phenoxy) is 3. The molecule has 4 heteroatoms. The fourth-order valence-corrected chi connectivity index (χ4v) is 4.74. The number of hydrogen-bond acceptors (Lipinski definition) is 3. The predicted octanol–water partition coefficient (Wildman–Crippen LogP) is 3.19. The Morgan fingerprint density at radius 3 is 1.71 bits per heavy atom. The van der Waals surface area contributed by atoms with Crippen molar-refractivity contribution in [3.63, 3.8) is 0 Å². The van der Waals surface area contributed by atoms with Gasteiger partial charge in [-0.25, -0.2) is 0 Å². The number of benzene rings is 2. The molecule has 0 heterocycles. The van der Waals surface area contributed by atoms with E-state index >= 15 is 0 Å². The highest BCUT2D eigenvalue weighted by Crippen LogP contribution is 2.33. The Labute approximate surface area is 146 Å². The van der Waals surface area contributed by atoms with Crippen molar-refractivity contribution in [1.29, 1.82) is 0 Å². The second kappa shape index (κ2) is 12.2. The molecule has 0 atom stereocenters. The fraction of sp³-hybridized carbons (Fsp3) is 0.400. The van der Waals surface area contributed by atoms with Gasteiger partial charge in [-0.3, -0.25) is 0 Å². The molecule has 3 nitrogen and oxygen atoms in total. The van der Waals surface area contributed by atoms with Crippen LogP contribution in [-0.4, -0.2) is 46.3 Å². The summed E-state index contributed by atoms with van der Waals surface area (Å²) in [5.41, 5.74) is 0. The zero-order valence-electron chi connectivity index (χ0n) is 14.4. The molecule has 0 spiro atoms. The zero-order valence-corrected chi connectivity index (χ0v) is 15.3. The van der Waals surface area contributed by atoms with E-state index in [1.54, 1.807) is 7.11 Å². The molecule has 0 aliphatic heterocycles. The van der Waals surface area contributed by atoms with E-state index in [0.29, 0.717) is 26.4 Å². The van der Waals surface area contributed by atoms with Crippen molar-refractivity contribution in [2.45, 2.75) is 6.42 Å². The molecule has 0 aliphatic rings. The Morgan fingerprint density at radius 2 is 1.17 bits per heavy atom. The first-order valence-corrected chi connectivity index (χ1v) is 9.96. The second-order valence-electron chi connectivity index (χ2n) is 5.39. The van der Waals surface area contributed by atoms with Gasteiger partial charge >= 0.3 is 0 Å². The Bertz CT molecular complexity index is 494. The van der Waals surface area contributed by atoms with Crippen LogP contribution in [0, 0.1) is 0 Å². The summed E-state index contributed by atoms with van der Waals surface area (Å²) in [5, 5.41) is 2.86. The van der Waals surface area contributed by atoms with Gasteiger partial charge in [0, 0.05) is 13.7 Å². The van der Waals surface area contributed by atoms with Crippen LogP contribution in [0.4, 0.5) is 0 Å². The smallest absolute Gasteiger partial charge is 0.0701 e. The van der Waals surface area contributed by atoms with Gasteiger partial charge in [-0.1, -0.05) is 60.7 Å². The van der Waals surface area contributed by atoms with Gasteiger partial charge in [0.2, 0.25) is 0 Å². The molecule has 0 radical (unpaired) electrons. The van der Waals surface area contributed by atoms with Gasteiger partial charge in [0.25, 0.3) is 0 Å². The van der Waals surface area contributed by atoms with Gasteiger partial charge in [0.15, 0.2) is 0 Å². The quantitative estimate of drug-likeness (QED) is 0.436. The van der Waals surface area contributed by atoms with Gasteiger partial charge in [0.05, 0.1) is 26.4 Å². The molecule has 0 bridgehead atoms. The number of hydrogen-bond donors (Lipinski definition) is 0. The van der Waals surface area contributed by atoms with Gasteiger partial charge in [0.1, 0.15) is 0 Å². The van der Waals surface area contributed by atoms with Crippen molar-refractivity contribution >= 4 is 18.5 Å². The van der Waals surface area contributed by atoms with Gasteiger partial charge in [-0.2, -0.15) is 0 Å². The summed E-state index contributed by atoms with van der Waals surface area (Å²) in [6, 6.07) is 21.6. The van der Waals surface area contributed by atoms with E-state index in [9.17, 15) is 0 Å². The number of rotatable bonds is 12. The molecule has 0 aromatic heterocycles. The average Bonchev–Trinajstić information content (AvgIpc) is 2.65. The third kappa shape index (κ3) is 7.11. The normalized spacial score (nSPS) is 11.1. The van der Waals surface area contributed by atoms with Crippen LogP contribution in [0.25, 0.3) is 0 Å². The minimum atomic E-state index is -0.311. The lowest BCUT2D eigenvalue weighted by Crippen LogP contribution is -2.15. The van der Waals surface area contributed by atoms with Crippen LogP contribution in [0.15, 0.2) is 60.7 Å². The molecule has 0 N–H and O–H groups in total. The van der Waals surface area contributed by atoms with E-state index in [1.807, 2.05) is 0 Å². The van der Waals surface area contributed by atoms with E-state index in [-0.39, 0.29) is 7.92 Å². The van der Waals surface area contributed by atoms with Crippen molar-refractivity contribution in [1.82, 2.24) is 0 Å². The van der Waals surface area contributed by atoms with E-state index < -0.39 is 0 Å². The maximum atomic E-state index is 5.68. The monoisotopic (exact) mass is 346 g/mol. The van der Waals surface area contributed by atoms with Crippen LogP contribution in [-0.2, 0) is 14.2 Å². The Hall–Kier alpha value is -1.25. The average molecular weight is 346 g/mol. The molecule has 130 valence electrons. The summed E-state index contributed by atoms with van der Waals surface area (Å²) in [4.78, 5) is 0. The lowest BCUT2D eigenvalue weighted by Gasteiger charge is -2.18. The van der Waals surface area contributed by atoms with Crippen LogP contribution in [0.2, 0.25) is 0 Å². The topological polar surface area (TPSA) is 27.7 Å². The summed E-state index contributed by atoms with van der Waals surface area (Å²) in [6.45, 7) is 3.34. The predicted molar refractivity (Wildman–Crippen MR) is 102 cm³/mol. The highest BCUT2D eigenvalue weighted by atomic mass is 31.1. The van der Waals surface area contributed by atoms with Gasteiger partial charge in [-0.05, 0) is 31.1 Å². The second-order valence-corrected chi connectivity index (χ2v) is 7.73. The minimum Gasteiger partial charge on any atom is -0.382 e. The first kappa shape index (κ1) is 19.1. The van der Waals surface area contributed by atoms with Gasteiger partial charge in [-0.15, -0.1) is 0 Å². The van der Waals surface area contributed by atoms with Crippen molar-refractivity contribution in [2.24, 2.45) is 0 Å². The van der Waals surface area contributed by atoms with Crippen molar-refractivity contribution in [3.8, 4) is 0 Å². The molecule has 0 fully saturated rings. The van der Waals surface area contributed by atoms with Crippen LogP contribution in [0.5, 0.6) is 0 Å². The third-order valence-corrected chi connectivity index (χ3v) is 6.22. The molecule has 0 aliphatic carbocycles. The lowest BCUT2D eigenvalue weighted by atomic mass is 10.4. The van der Waals surface area contributed by atoms with Crippen molar-refractivity contribution in [3.05, 3.63) is 60.7 Å². The van der Waals surface area contributed by atoms with Crippen molar-refractivity contribution < 1.29 is 14.2 Å². The molecule has 2 aromatic carbocycles. The molecule has 0 saturated heterocycles. The zero-order chi connectivity index (χ0) is 16.9. The molecule has 0 saturated carbocycles. The summed E-state index contributed by atoms with van der Waals surface area (Å²) >= 11 is 0. The summed E-state index contributed by atoms with van der Waals surface area (Å²) in [6.07, 6.45) is 2.21. The van der Waals surface area contributed by atoms with Crippen molar-refractivity contribution in [2.75, 3.05) is 46.3 Å². The first-order valence-electron chi connectivity index (χ1n) is 8.44. The maximum Gasteiger partial charge on any atom is 0.0701 e. The Morgan fingerprint density at radius 1 is 0.667 bits per heavy atom. The maximum absolute atomic E-state index is 5.68. The van der Waals surface area contributed by atoms with E-state index in [0.717, 1.165) is 19.2 Å². The Balaban J connectivity index is 1.74. The highest BCUT2D eigenvalue weighted by Gasteiger charge is 2.12. The third-order valence-electron chi connectivity index (χ3n) is 3.61. The van der Waals surface area contributed by atoms with Crippen LogP contribution in [0.3, 0.4) is 0 Å². The molecule has 2 rings (SSSR count). The summed E-state index contributed by atoms with van der Waals surface area (Å²) in [5.74, 6) is 0. The number of methoxy groups -OCH3 is 1. The largest absolute Gasteiger partial charge is 0.382 e. The molecular weight excluding hydrogens is 319 g/mol. The van der Waals surface area contributed by atoms with E-state index in [4.69, 9.17) is 14.2 Å². The fourth-order valence-electron chi connectivity index (χ4n) is 2.41. The summed E-state index contributed by atoms with van der Waals surface area (Å²) < 4.78 is 16.0. The van der Waals surface area contributed by atoms with E-state index in [1.165, 1.54) is 10.6 Å². The van der Waals surface area contributed by atoms with Gasteiger partial charge < -0.3 is 14.2 Å². The standard InChI is InChI=1S/C20H27O3P/c1-21-14-15-23-17-16-22-13-8-18-24(19-9-4-2-5-10-19)20-11-6-3-7-12-20/h2-7,9-12H,8,13-18H2,1H3. The molecule has 0 amide bonds. The Kier molecular flexibility index (Phi) is 9.67. The molecule has 0 unspecified atom stereocenters.